The van der Waals surface area contributed by atoms with Crippen molar-refractivity contribution in [3.05, 3.63) is 0 Å². The third-order valence-electron chi connectivity index (χ3n) is 5.28. The van der Waals surface area contributed by atoms with Crippen LogP contribution in [0.3, 0.4) is 0 Å². The second-order valence-corrected chi connectivity index (χ2v) is 11.8. The smallest absolute Gasteiger partial charge is 0.248 e. The highest BCUT2D eigenvalue weighted by Gasteiger charge is 2.40. The van der Waals surface area contributed by atoms with Crippen molar-refractivity contribution >= 4 is 27.7 Å². The standard InChI is InChI=1S/C21H40O9P2/c1-7-18-19(10-15(3)27-18)29-32(6,23)25-13-21-20(11-16(4)28-21)30-31(5,22)24-12-17-9-8-14(2)26-17/h14-23H,5-13H2,1-4H3/i8T,9T,10T,11T. The van der Waals surface area contributed by atoms with E-state index >= 15 is 0 Å². The number of ether oxygens (including phenoxy) is 3. The summed E-state index contributed by atoms with van der Waals surface area (Å²) >= 11 is 0. The molecule has 0 bridgehead atoms. The van der Waals surface area contributed by atoms with Gasteiger partial charge in [0.05, 0.1) is 55.9 Å². The average molecular weight is 507 g/mol. The highest BCUT2D eigenvalue weighted by atomic mass is 31.2. The Labute approximate surface area is 197 Å². The van der Waals surface area contributed by atoms with Crippen LogP contribution in [0.25, 0.3) is 0 Å². The topological polar surface area (TPSA) is 105 Å². The lowest BCUT2D eigenvalue weighted by molar-refractivity contribution is -0.0222. The zero-order valence-electron chi connectivity index (χ0n) is 23.1. The molecule has 0 aliphatic carbocycles. The molecule has 14 atom stereocenters. The predicted molar refractivity (Wildman–Crippen MR) is 126 cm³/mol. The lowest BCUT2D eigenvalue weighted by Gasteiger charge is -2.28. The van der Waals surface area contributed by atoms with Crippen LogP contribution in [-0.2, 0) is 32.3 Å². The third-order valence-corrected chi connectivity index (χ3v) is 7.53. The number of hydrogen-bond acceptors (Lipinski definition) is 9. The first kappa shape index (κ1) is 21.5. The Morgan fingerprint density at radius 1 is 0.844 bits per heavy atom. The van der Waals surface area contributed by atoms with Gasteiger partial charge in [0.15, 0.2) is 0 Å². The van der Waals surface area contributed by atoms with Crippen LogP contribution in [-0.4, -0.2) is 84.4 Å². The van der Waals surface area contributed by atoms with Gasteiger partial charge in [0.1, 0.15) is 6.10 Å². The van der Waals surface area contributed by atoms with Gasteiger partial charge in [-0.25, -0.2) is 0 Å². The molecule has 3 aliphatic rings. The summed E-state index contributed by atoms with van der Waals surface area (Å²) in [4.78, 5) is 21.4. The number of rotatable bonds is 11. The monoisotopic (exact) mass is 506 g/mol. The van der Waals surface area contributed by atoms with E-state index in [9.17, 15) is 9.79 Å². The van der Waals surface area contributed by atoms with E-state index in [1.165, 1.54) is 0 Å². The summed E-state index contributed by atoms with van der Waals surface area (Å²) in [6.45, 7) is 6.64. The van der Waals surface area contributed by atoms with E-state index in [-0.39, 0.29) is 25.4 Å². The van der Waals surface area contributed by atoms with Gasteiger partial charge in [0.2, 0.25) is 15.1 Å². The molecule has 3 heterocycles. The molecule has 32 heavy (non-hydrogen) atoms. The summed E-state index contributed by atoms with van der Waals surface area (Å²) in [5, 5.41) is 0. The van der Waals surface area contributed by atoms with Gasteiger partial charge in [-0.2, -0.15) is 0 Å². The van der Waals surface area contributed by atoms with Crippen molar-refractivity contribution in [3.63, 3.8) is 0 Å². The van der Waals surface area contributed by atoms with Crippen LogP contribution >= 0.6 is 15.1 Å². The van der Waals surface area contributed by atoms with Crippen LogP contribution in [0.4, 0.5) is 0 Å². The Morgan fingerprint density at radius 3 is 1.91 bits per heavy atom. The van der Waals surface area contributed by atoms with Crippen LogP contribution in [0.15, 0.2) is 0 Å². The molecule has 188 valence electrons. The van der Waals surface area contributed by atoms with Crippen molar-refractivity contribution in [3.8, 4) is 0 Å². The van der Waals surface area contributed by atoms with Crippen molar-refractivity contribution in [2.24, 2.45) is 0 Å². The quantitative estimate of drug-likeness (QED) is 0.408. The van der Waals surface area contributed by atoms with Crippen molar-refractivity contribution in [1.82, 2.24) is 0 Å². The molecular weight excluding hydrogens is 458 g/mol. The molecule has 0 aromatic heterocycles. The molecule has 0 saturated carbocycles. The van der Waals surface area contributed by atoms with Gasteiger partial charge in [-0.05, 0) is 52.6 Å². The summed E-state index contributed by atoms with van der Waals surface area (Å²) in [5.74, 6) is 0. The molecule has 2 N–H and O–H groups in total. The predicted octanol–water partition coefficient (Wildman–Crippen LogP) is 3.50. The summed E-state index contributed by atoms with van der Waals surface area (Å²) in [6, 6.07) is 0. The maximum atomic E-state index is 10.7. The van der Waals surface area contributed by atoms with Crippen LogP contribution in [0.5, 0.6) is 0 Å². The Balaban J connectivity index is 1.57. The first-order valence-corrected chi connectivity index (χ1v) is 14.4. The maximum Gasteiger partial charge on any atom is 0.248 e. The highest BCUT2D eigenvalue weighted by molar-refractivity contribution is 7.58. The second-order valence-electron chi connectivity index (χ2n) is 8.32. The van der Waals surface area contributed by atoms with E-state index in [4.69, 9.17) is 37.8 Å². The van der Waals surface area contributed by atoms with Crippen LogP contribution in [0, 0.1) is 0 Å². The lowest BCUT2D eigenvalue weighted by Crippen LogP contribution is -2.29. The molecule has 0 amide bonds. The summed E-state index contributed by atoms with van der Waals surface area (Å²) in [7, 11) is -7.32. The van der Waals surface area contributed by atoms with Gasteiger partial charge in [0.25, 0.3) is 0 Å². The van der Waals surface area contributed by atoms with Gasteiger partial charge in [-0.1, -0.05) is 6.92 Å². The first-order chi connectivity index (χ1) is 16.7. The van der Waals surface area contributed by atoms with E-state index < -0.39 is 77.3 Å². The van der Waals surface area contributed by atoms with E-state index in [1.54, 1.807) is 20.8 Å². The molecule has 3 saturated heterocycles. The summed E-state index contributed by atoms with van der Waals surface area (Å²) in [6.07, 6.45) is -0.208. The Morgan fingerprint density at radius 2 is 1.38 bits per heavy atom. The van der Waals surface area contributed by atoms with E-state index in [1.807, 2.05) is 6.92 Å². The average Bonchev–Trinajstić information content (AvgIpc) is 3.33. The normalized spacial score (nSPS) is 52.6. The second kappa shape index (κ2) is 11.3. The summed E-state index contributed by atoms with van der Waals surface area (Å²) in [5.41, 5.74) is 0. The largest absolute Gasteiger partial charge is 0.373 e. The minimum Gasteiger partial charge on any atom is -0.373 e. The molecule has 14 unspecified atom stereocenters. The first-order valence-electron chi connectivity index (χ1n) is 13.2. The highest BCUT2D eigenvalue weighted by Crippen LogP contribution is 2.50. The minimum absolute atomic E-state index is 0.179. The molecular formula is C21H40O9P2. The van der Waals surface area contributed by atoms with Crippen LogP contribution in [0.1, 0.15) is 65.2 Å². The van der Waals surface area contributed by atoms with Crippen molar-refractivity contribution < 1.29 is 47.6 Å². The molecule has 11 heteroatoms. The fraction of sp³-hybridized carbons (Fsp3) is 0.905. The Kier molecular flexibility index (Phi) is 7.61. The number of hydrogen-bond donors (Lipinski definition) is 2. The Bertz CT molecular complexity index is 841. The zero-order chi connectivity index (χ0) is 27.0. The van der Waals surface area contributed by atoms with Gasteiger partial charge in [-0.15, -0.1) is 0 Å². The SMILES string of the molecule is [3H]C1C(C)OC(COP(=C)(O)OC2C(COP(=C)(O)OC3C(CC)OC(C)C3[3H])OC(C)C2[3H])C1[3H]. The van der Waals surface area contributed by atoms with Gasteiger partial charge < -0.3 is 42.1 Å². The van der Waals surface area contributed by atoms with Crippen molar-refractivity contribution in [2.45, 2.75) is 109 Å². The fourth-order valence-electron chi connectivity index (χ4n) is 3.81. The van der Waals surface area contributed by atoms with Gasteiger partial charge in [-0.3, -0.25) is 0 Å². The van der Waals surface area contributed by atoms with E-state index in [0.29, 0.717) is 6.42 Å². The molecule has 3 rings (SSSR count). The molecule has 0 radical (unpaired) electrons. The van der Waals surface area contributed by atoms with Crippen LogP contribution in [0.2, 0.25) is 0 Å². The molecule has 0 aromatic rings. The molecule has 3 aliphatic heterocycles. The molecule has 9 nitrogen and oxygen atoms in total. The van der Waals surface area contributed by atoms with Crippen molar-refractivity contribution in [2.75, 3.05) is 13.2 Å². The van der Waals surface area contributed by atoms with Crippen molar-refractivity contribution in [1.29, 1.82) is 0 Å². The third kappa shape index (κ3) is 7.89. The van der Waals surface area contributed by atoms with Gasteiger partial charge >= 0.3 is 0 Å². The van der Waals surface area contributed by atoms with Gasteiger partial charge in [0, 0.05) is 18.3 Å². The lowest BCUT2D eigenvalue weighted by atomic mass is 10.1. The Hall–Kier alpha value is 0.240. The minimum atomic E-state index is -3.70. The fourth-order valence-corrected chi connectivity index (χ4v) is 5.86. The molecule has 0 spiro atoms. The molecule has 3 fully saturated rings. The maximum absolute atomic E-state index is 10.7. The van der Waals surface area contributed by atoms with E-state index in [2.05, 4.69) is 12.6 Å². The van der Waals surface area contributed by atoms with E-state index in [0.717, 1.165) is 0 Å². The van der Waals surface area contributed by atoms with Crippen LogP contribution < -0.4 is 0 Å². The zero-order valence-corrected chi connectivity index (χ0v) is 20.9. The molecule has 0 aromatic carbocycles. The summed E-state index contributed by atoms with van der Waals surface area (Å²) < 4.78 is 72.1.